The molecular weight excluding hydrogens is 270 g/mol. The minimum absolute atomic E-state index is 0.343. The van der Waals surface area contributed by atoms with Crippen molar-refractivity contribution in [1.29, 1.82) is 0 Å². The fraction of sp³-hybridized carbons (Fsp3) is 0.400. The Morgan fingerprint density at radius 3 is 2.38 bits per heavy atom. The second kappa shape index (κ2) is 6.99. The van der Waals surface area contributed by atoms with Crippen molar-refractivity contribution < 1.29 is 14.2 Å². The summed E-state index contributed by atoms with van der Waals surface area (Å²) < 4.78 is 18.6. The molecule has 0 aliphatic rings. The van der Waals surface area contributed by atoms with Crippen LogP contribution in [0.2, 0.25) is 0 Å². The smallest absolute Gasteiger partial charge is 0.204 e. The van der Waals surface area contributed by atoms with Crippen molar-refractivity contribution in [2.24, 2.45) is 5.73 Å². The van der Waals surface area contributed by atoms with Crippen LogP contribution in [0.25, 0.3) is 0 Å². The van der Waals surface area contributed by atoms with Gasteiger partial charge in [0.1, 0.15) is 12.4 Å². The summed E-state index contributed by atoms with van der Waals surface area (Å²) in [5, 5.41) is 0. The number of imidazole rings is 1. The molecule has 2 aromatic rings. The predicted octanol–water partition coefficient (Wildman–Crippen LogP) is 1.96. The van der Waals surface area contributed by atoms with Gasteiger partial charge in [0.05, 0.1) is 14.2 Å². The van der Waals surface area contributed by atoms with Crippen molar-refractivity contribution >= 4 is 0 Å². The molecule has 1 aromatic carbocycles. The van der Waals surface area contributed by atoms with Crippen molar-refractivity contribution in [1.82, 2.24) is 9.55 Å². The fourth-order valence-corrected chi connectivity index (χ4v) is 2.10. The fourth-order valence-electron chi connectivity index (χ4n) is 2.10. The van der Waals surface area contributed by atoms with E-state index < -0.39 is 0 Å². The summed E-state index contributed by atoms with van der Waals surface area (Å²) in [4.78, 5) is 4.28. The topological polar surface area (TPSA) is 71.5 Å². The molecule has 21 heavy (non-hydrogen) atoms. The third-order valence-electron chi connectivity index (χ3n) is 3.24. The monoisotopic (exact) mass is 291 g/mol. The lowest BCUT2D eigenvalue weighted by molar-refractivity contribution is 0.255. The zero-order chi connectivity index (χ0) is 15.2. The van der Waals surface area contributed by atoms with Crippen LogP contribution in [0, 0.1) is 0 Å². The molecule has 1 heterocycles. The molecule has 0 amide bonds. The predicted molar refractivity (Wildman–Crippen MR) is 79.7 cm³/mol. The SMILES string of the molecule is CCn1ccnc1COc1c(OC)cc(CN)cc1OC. The molecule has 0 atom stereocenters. The standard InChI is InChI=1S/C15H21N3O3/c1-4-18-6-5-17-14(18)10-21-15-12(19-2)7-11(9-16)8-13(15)20-3/h5-8H,4,9-10,16H2,1-3H3. The molecule has 6 nitrogen and oxygen atoms in total. The Bertz CT molecular complexity index is 571. The molecule has 0 saturated heterocycles. The Hall–Kier alpha value is -2.21. The van der Waals surface area contributed by atoms with Crippen LogP contribution in [0.1, 0.15) is 18.3 Å². The molecule has 0 radical (unpaired) electrons. The Morgan fingerprint density at radius 1 is 1.19 bits per heavy atom. The summed E-state index contributed by atoms with van der Waals surface area (Å²) in [6.45, 7) is 3.66. The van der Waals surface area contributed by atoms with Crippen LogP contribution < -0.4 is 19.9 Å². The van der Waals surface area contributed by atoms with Crippen molar-refractivity contribution in [3.8, 4) is 17.2 Å². The molecule has 0 saturated carbocycles. The molecule has 2 rings (SSSR count). The van der Waals surface area contributed by atoms with Gasteiger partial charge < -0.3 is 24.5 Å². The largest absolute Gasteiger partial charge is 0.493 e. The first-order chi connectivity index (χ1) is 10.2. The van der Waals surface area contributed by atoms with E-state index >= 15 is 0 Å². The molecule has 0 fully saturated rings. The van der Waals surface area contributed by atoms with E-state index in [1.165, 1.54) is 0 Å². The van der Waals surface area contributed by atoms with Gasteiger partial charge in [-0.05, 0) is 24.6 Å². The molecule has 0 aliphatic heterocycles. The minimum atomic E-state index is 0.343. The molecule has 0 aliphatic carbocycles. The van der Waals surface area contributed by atoms with E-state index in [2.05, 4.69) is 11.9 Å². The van der Waals surface area contributed by atoms with Crippen molar-refractivity contribution in [2.75, 3.05) is 14.2 Å². The lowest BCUT2D eigenvalue weighted by atomic mass is 10.2. The highest BCUT2D eigenvalue weighted by Gasteiger charge is 2.15. The molecular formula is C15H21N3O3. The van der Waals surface area contributed by atoms with Crippen molar-refractivity contribution in [3.05, 3.63) is 35.9 Å². The van der Waals surface area contributed by atoms with Crippen molar-refractivity contribution in [2.45, 2.75) is 26.6 Å². The number of nitrogens with two attached hydrogens (primary N) is 1. The van der Waals surface area contributed by atoms with Gasteiger partial charge in [-0.1, -0.05) is 0 Å². The van der Waals surface area contributed by atoms with Crippen LogP contribution in [0.3, 0.4) is 0 Å². The second-order valence-corrected chi connectivity index (χ2v) is 4.45. The summed E-state index contributed by atoms with van der Waals surface area (Å²) in [6, 6.07) is 3.70. The van der Waals surface area contributed by atoms with Crippen LogP contribution in [0.5, 0.6) is 17.2 Å². The summed E-state index contributed by atoms with van der Waals surface area (Å²) in [5.41, 5.74) is 6.59. The number of ether oxygens (including phenoxy) is 3. The molecule has 0 unspecified atom stereocenters. The molecule has 114 valence electrons. The first-order valence-corrected chi connectivity index (χ1v) is 6.81. The van der Waals surface area contributed by atoms with Gasteiger partial charge in [0.15, 0.2) is 11.5 Å². The Balaban J connectivity index is 2.26. The van der Waals surface area contributed by atoms with Crippen LogP contribution in [-0.4, -0.2) is 23.8 Å². The summed E-state index contributed by atoms with van der Waals surface area (Å²) in [7, 11) is 3.18. The summed E-state index contributed by atoms with van der Waals surface area (Å²) in [6.07, 6.45) is 3.68. The number of methoxy groups -OCH3 is 2. The van der Waals surface area contributed by atoms with E-state index in [0.717, 1.165) is 17.9 Å². The molecule has 0 spiro atoms. The zero-order valence-corrected chi connectivity index (χ0v) is 12.6. The Morgan fingerprint density at radius 2 is 1.86 bits per heavy atom. The molecule has 0 bridgehead atoms. The van der Waals surface area contributed by atoms with Crippen molar-refractivity contribution in [3.63, 3.8) is 0 Å². The van der Waals surface area contributed by atoms with Gasteiger partial charge >= 0.3 is 0 Å². The first-order valence-electron chi connectivity index (χ1n) is 6.81. The van der Waals surface area contributed by atoms with Gasteiger partial charge in [-0.2, -0.15) is 0 Å². The van der Waals surface area contributed by atoms with Gasteiger partial charge in [-0.25, -0.2) is 4.98 Å². The van der Waals surface area contributed by atoms with Crippen LogP contribution in [0.15, 0.2) is 24.5 Å². The van der Waals surface area contributed by atoms with Crippen LogP contribution >= 0.6 is 0 Å². The average Bonchev–Trinajstić information content (AvgIpc) is 2.99. The second-order valence-electron chi connectivity index (χ2n) is 4.45. The normalized spacial score (nSPS) is 10.5. The highest BCUT2D eigenvalue weighted by atomic mass is 16.5. The van der Waals surface area contributed by atoms with E-state index in [1.807, 2.05) is 22.9 Å². The maximum absolute atomic E-state index is 5.86. The van der Waals surface area contributed by atoms with E-state index in [-0.39, 0.29) is 0 Å². The number of benzene rings is 1. The number of aromatic nitrogens is 2. The molecule has 1 aromatic heterocycles. The maximum atomic E-state index is 5.86. The number of nitrogens with zero attached hydrogens (tertiary/aromatic N) is 2. The zero-order valence-electron chi connectivity index (χ0n) is 12.6. The number of aryl methyl sites for hydroxylation is 1. The van der Waals surface area contributed by atoms with E-state index in [9.17, 15) is 0 Å². The average molecular weight is 291 g/mol. The van der Waals surface area contributed by atoms with E-state index in [1.54, 1.807) is 20.4 Å². The van der Waals surface area contributed by atoms with Gasteiger partial charge in [-0.3, -0.25) is 0 Å². The maximum Gasteiger partial charge on any atom is 0.204 e. The number of rotatable bonds is 7. The van der Waals surface area contributed by atoms with Crippen LogP contribution in [0.4, 0.5) is 0 Å². The third kappa shape index (κ3) is 3.28. The van der Waals surface area contributed by atoms with Gasteiger partial charge in [-0.15, -0.1) is 0 Å². The minimum Gasteiger partial charge on any atom is -0.493 e. The highest BCUT2D eigenvalue weighted by Crippen LogP contribution is 2.38. The third-order valence-corrected chi connectivity index (χ3v) is 3.24. The summed E-state index contributed by atoms with van der Waals surface area (Å²) in [5.74, 6) is 2.61. The van der Waals surface area contributed by atoms with Crippen LogP contribution in [-0.2, 0) is 19.7 Å². The Labute approximate surface area is 124 Å². The lowest BCUT2D eigenvalue weighted by Crippen LogP contribution is -2.07. The molecule has 2 N–H and O–H groups in total. The highest BCUT2D eigenvalue weighted by molar-refractivity contribution is 5.53. The van der Waals surface area contributed by atoms with Gasteiger partial charge in [0.25, 0.3) is 0 Å². The Kier molecular flexibility index (Phi) is 5.05. The number of hydrogen-bond donors (Lipinski definition) is 1. The van der Waals surface area contributed by atoms with Gasteiger partial charge in [0, 0.05) is 25.5 Å². The number of hydrogen-bond acceptors (Lipinski definition) is 5. The van der Waals surface area contributed by atoms with E-state index in [0.29, 0.717) is 30.4 Å². The van der Waals surface area contributed by atoms with Gasteiger partial charge in [0.2, 0.25) is 5.75 Å². The quantitative estimate of drug-likeness (QED) is 0.844. The molecule has 6 heteroatoms. The summed E-state index contributed by atoms with van der Waals surface area (Å²) >= 11 is 0. The lowest BCUT2D eigenvalue weighted by Gasteiger charge is -2.16. The first kappa shape index (κ1) is 15.2. The van der Waals surface area contributed by atoms with E-state index in [4.69, 9.17) is 19.9 Å².